The third kappa shape index (κ3) is 3.29. The molecule has 0 bridgehead atoms. The van der Waals surface area contributed by atoms with Gasteiger partial charge in [0.1, 0.15) is 22.9 Å². The molecule has 4 heterocycles. The minimum absolute atomic E-state index is 0.129. The van der Waals surface area contributed by atoms with Crippen LogP contribution in [0.15, 0.2) is 17.8 Å². The van der Waals surface area contributed by atoms with Crippen LogP contribution in [0.4, 0.5) is 0 Å². The topological polar surface area (TPSA) is 103 Å². The summed E-state index contributed by atoms with van der Waals surface area (Å²) >= 11 is 1.37. The SMILES string of the molecule is O=C(NCCc1nnc2n1CCCCC2)c1sccc1-n1cnnn1. The van der Waals surface area contributed by atoms with Crippen molar-refractivity contribution in [2.45, 2.75) is 38.6 Å². The highest BCUT2D eigenvalue weighted by atomic mass is 32.1. The summed E-state index contributed by atoms with van der Waals surface area (Å²) in [7, 11) is 0. The third-order valence-corrected chi connectivity index (χ3v) is 5.17. The lowest BCUT2D eigenvalue weighted by molar-refractivity contribution is 0.0958. The molecule has 0 fully saturated rings. The smallest absolute Gasteiger partial charge is 0.263 e. The Labute approximate surface area is 148 Å². The summed E-state index contributed by atoms with van der Waals surface area (Å²) in [6.45, 7) is 1.49. The van der Waals surface area contributed by atoms with Crippen molar-refractivity contribution in [3.8, 4) is 5.69 Å². The van der Waals surface area contributed by atoms with E-state index in [0.29, 0.717) is 23.5 Å². The second-order valence-electron chi connectivity index (χ2n) is 5.89. The molecule has 0 unspecified atom stereocenters. The molecule has 0 aromatic carbocycles. The second kappa shape index (κ2) is 7.09. The van der Waals surface area contributed by atoms with E-state index in [2.05, 4.69) is 35.6 Å². The van der Waals surface area contributed by atoms with Crippen LogP contribution in [-0.2, 0) is 19.4 Å². The number of nitrogens with zero attached hydrogens (tertiary/aromatic N) is 7. The molecule has 1 aliphatic rings. The van der Waals surface area contributed by atoms with Crippen molar-refractivity contribution in [1.29, 1.82) is 0 Å². The van der Waals surface area contributed by atoms with E-state index in [9.17, 15) is 4.79 Å². The Kier molecular flexibility index (Phi) is 4.51. The summed E-state index contributed by atoms with van der Waals surface area (Å²) < 4.78 is 3.70. The Morgan fingerprint density at radius 3 is 3.12 bits per heavy atom. The van der Waals surface area contributed by atoms with Gasteiger partial charge in [0.15, 0.2) is 0 Å². The minimum atomic E-state index is -0.129. The van der Waals surface area contributed by atoms with Gasteiger partial charge < -0.3 is 9.88 Å². The van der Waals surface area contributed by atoms with Crippen LogP contribution in [0.25, 0.3) is 5.69 Å². The number of nitrogens with one attached hydrogen (secondary N) is 1. The van der Waals surface area contributed by atoms with Crippen molar-refractivity contribution in [2.24, 2.45) is 0 Å². The van der Waals surface area contributed by atoms with Crippen LogP contribution in [0.3, 0.4) is 0 Å². The van der Waals surface area contributed by atoms with Crippen LogP contribution >= 0.6 is 11.3 Å². The van der Waals surface area contributed by atoms with Gasteiger partial charge in [0.2, 0.25) is 0 Å². The molecule has 25 heavy (non-hydrogen) atoms. The molecule has 0 spiro atoms. The highest BCUT2D eigenvalue weighted by Gasteiger charge is 2.17. The average molecular weight is 358 g/mol. The van der Waals surface area contributed by atoms with E-state index >= 15 is 0 Å². The standard InChI is InChI=1S/C15H18N8OS/c24-15(14-11(6-9-25-14)23-10-17-20-21-23)16-7-5-13-19-18-12-4-2-1-3-8-22(12)13/h6,9-10H,1-5,7-8H2,(H,16,24). The van der Waals surface area contributed by atoms with Gasteiger partial charge in [0.25, 0.3) is 5.91 Å². The average Bonchev–Trinajstić information content (AvgIpc) is 3.33. The molecule has 1 aliphatic heterocycles. The van der Waals surface area contributed by atoms with Gasteiger partial charge in [-0.2, -0.15) is 4.68 Å². The highest BCUT2D eigenvalue weighted by molar-refractivity contribution is 7.12. The quantitative estimate of drug-likeness (QED) is 0.730. The van der Waals surface area contributed by atoms with E-state index in [0.717, 1.165) is 31.0 Å². The predicted octanol–water partition coefficient (Wildman–Crippen LogP) is 1.01. The summed E-state index contributed by atoms with van der Waals surface area (Å²) in [5.41, 5.74) is 0.684. The Hall–Kier alpha value is -2.62. The van der Waals surface area contributed by atoms with Crippen LogP contribution in [0.2, 0.25) is 0 Å². The first-order valence-electron chi connectivity index (χ1n) is 8.33. The van der Waals surface area contributed by atoms with Gasteiger partial charge in [-0.25, -0.2) is 0 Å². The summed E-state index contributed by atoms with van der Waals surface area (Å²) in [6, 6.07) is 1.83. The highest BCUT2D eigenvalue weighted by Crippen LogP contribution is 2.20. The largest absolute Gasteiger partial charge is 0.351 e. The number of aromatic nitrogens is 7. The molecule has 0 saturated carbocycles. The first-order chi connectivity index (χ1) is 12.3. The molecule has 0 atom stereocenters. The van der Waals surface area contributed by atoms with Gasteiger partial charge in [0, 0.05) is 25.9 Å². The van der Waals surface area contributed by atoms with E-state index in [4.69, 9.17) is 0 Å². The zero-order chi connectivity index (χ0) is 17.1. The Morgan fingerprint density at radius 1 is 1.28 bits per heavy atom. The Morgan fingerprint density at radius 2 is 2.24 bits per heavy atom. The van der Waals surface area contributed by atoms with E-state index < -0.39 is 0 Å². The predicted molar refractivity (Wildman–Crippen MR) is 90.6 cm³/mol. The molecular weight excluding hydrogens is 340 g/mol. The van der Waals surface area contributed by atoms with E-state index in [-0.39, 0.29) is 5.91 Å². The number of hydrogen-bond donors (Lipinski definition) is 1. The summed E-state index contributed by atoms with van der Waals surface area (Å²) in [6.07, 6.45) is 6.71. The minimum Gasteiger partial charge on any atom is -0.351 e. The zero-order valence-corrected chi connectivity index (χ0v) is 14.4. The normalized spacial score (nSPS) is 14.1. The monoisotopic (exact) mass is 358 g/mol. The van der Waals surface area contributed by atoms with Crippen LogP contribution in [0, 0.1) is 0 Å². The molecule has 4 rings (SSSR count). The van der Waals surface area contributed by atoms with Crippen molar-refractivity contribution in [3.63, 3.8) is 0 Å². The molecule has 1 N–H and O–H groups in total. The lowest BCUT2D eigenvalue weighted by atomic mass is 10.2. The van der Waals surface area contributed by atoms with Gasteiger partial charge >= 0.3 is 0 Å². The van der Waals surface area contributed by atoms with Crippen LogP contribution < -0.4 is 5.32 Å². The summed E-state index contributed by atoms with van der Waals surface area (Å²) in [5, 5.41) is 24.4. The summed E-state index contributed by atoms with van der Waals surface area (Å²) in [5.74, 6) is 1.89. The number of amides is 1. The lowest BCUT2D eigenvalue weighted by Crippen LogP contribution is -2.26. The van der Waals surface area contributed by atoms with Gasteiger partial charge in [-0.15, -0.1) is 26.6 Å². The number of rotatable bonds is 5. The fourth-order valence-corrected chi connectivity index (χ4v) is 3.82. The van der Waals surface area contributed by atoms with Gasteiger partial charge in [0.05, 0.1) is 5.69 Å². The van der Waals surface area contributed by atoms with Crippen LogP contribution in [0.5, 0.6) is 0 Å². The van der Waals surface area contributed by atoms with Gasteiger partial charge in [-0.3, -0.25) is 4.79 Å². The van der Waals surface area contributed by atoms with Crippen LogP contribution in [0.1, 0.15) is 40.6 Å². The number of thiophene rings is 1. The first kappa shape index (κ1) is 15.9. The maximum atomic E-state index is 12.5. The molecule has 1 amide bonds. The molecule has 10 heteroatoms. The maximum Gasteiger partial charge on any atom is 0.263 e. The first-order valence-corrected chi connectivity index (χ1v) is 9.21. The van der Waals surface area contributed by atoms with Crippen molar-refractivity contribution >= 4 is 17.2 Å². The van der Waals surface area contributed by atoms with Crippen molar-refractivity contribution in [3.05, 3.63) is 34.3 Å². The molecule has 3 aromatic rings. The molecular formula is C15H18N8OS. The number of fused-ring (bicyclic) bond motifs is 1. The fraction of sp³-hybridized carbons (Fsp3) is 0.467. The third-order valence-electron chi connectivity index (χ3n) is 4.27. The van der Waals surface area contributed by atoms with E-state index in [1.165, 1.54) is 35.2 Å². The maximum absolute atomic E-state index is 12.5. The molecule has 0 radical (unpaired) electrons. The molecule has 0 aliphatic carbocycles. The van der Waals surface area contributed by atoms with E-state index in [1.54, 1.807) is 0 Å². The number of hydrogen-bond acceptors (Lipinski definition) is 7. The van der Waals surface area contributed by atoms with Gasteiger partial charge in [-0.05, 0) is 34.7 Å². The van der Waals surface area contributed by atoms with E-state index in [1.807, 2.05) is 11.4 Å². The Balaban J connectivity index is 1.39. The number of aryl methyl sites for hydroxylation is 1. The molecule has 0 saturated heterocycles. The van der Waals surface area contributed by atoms with Crippen molar-refractivity contribution < 1.29 is 4.79 Å². The molecule has 130 valence electrons. The van der Waals surface area contributed by atoms with Gasteiger partial charge in [-0.1, -0.05) is 6.42 Å². The fourth-order valence-electron chi connectivity index (χ4n) is 3.02. The lowest BCUT2D eigenvalue weighted by Gasteiger charge is -2.08. The number of carbonyl (C=O) groups excluding carboxylic acids is 1. The zero-order valence-electron chi connectivity index (χ0n) is 13.6. The Bertz CT molecular complexity index is 853. The number of carbonyl (C=O) groups is 1. The molecule has 3 aromatic heterocycles. The number of tetrazole rings is 1. The second-order valence-corrected chi connectivity index (χ2v) is 6.81. The van der Waals surface area contributed by atoms with Crippen molar-refractivity contribution in [1.82, 2.24) is 40.3 Å². The van der Waals surface area contributed by atoms with Crippen LogP contribution in [-0.4, -0.2) is 47.4 Å². The molecule has 9 nitrogen and oxygen atoms in total. The summed E-state index contributed by atoms with van der Waals surface area (Å²) in [4.78, 5) is 13.1. The van der Waals surface area contributed by atoms with Crippen molar-refractivity contribution in [2.75, 3.05) is 6.54 Å².